The van der Waals surface area contributed by atoms with Crippen LogP contribution in [-0.4, -0.2) is 47.5 Å². The van der Waals surface area contributed by atoms with Gasteiger partial charge in [-0.05, 0) is 44.3 Å². The fourth-order valence-electron chi connectivity index (χ4n) is 3.22. The number of likely N-dealkylation sites (N-methyl/N-ethyl adjacent to an activating group) is 1. The van der Waals surface area contributed by atoms with Crippen LogP contribution in [0.3, 0.4) is 0 Å². The lowest BCUT2D eigenvalue weighted by Gasteiger charge is -2.24. The molecule has 1 aliphatic heterocycles. The lowest BCUT2D eigenvalue weighted by Crippen LogP contribution is -2.45. The summed E-state index contributed by atoms with van der Waals surface area (Å²) in [5.74, 6) is 0.851. The number of hydrogen-bond donors (Lipinski definition) is 2. The summed E-state index contributed by atoms with van der Waals surface area (Å²) in [6, 6.07) is 7.72. The first-order valence-corrected chi connectivity index (χ1v) is 9.18. The van der Waals surface area contributed by atoms with Gasteiger partial charge in [-0.3, -0.25) is 15.0 Å². The highest BCUT2D eigenvalue weighted by Gasteiger charge is 2.25. The Balaban J connectivity index is 0.00000243. The van der Waals surface area contributed by atoms with Gasteiger partial charge in [0.2, 0.25) is 0 Å². The number of nitro groups is 1. The van der Waals surface area contributed by atoms with E-state index in [1.54, 1.807) is 12.1 Å². The molecule has 1 aliphatic carbocycles. The Bertz CT molecular complexity index is 619. The summed E-state index contributed by atoms with van der Waals surface area (Å²) in [6.45, 7) is 5.92. The van der Waals surface area contributed by atoms with Gasteiger partial charge in [-0.2, -0.15) is 0 Å². The number of nitrogens with one attached hydrogen (secondary N) is 2. The topological polar surface area (TPSA) is 82.8 Å². The van der Waals surface area contributed by atoms with Gasteiger partial charge in [0.25, 0.3) is 5.69 Å². The van der Waals surface area contributed by atoms with Gasteiger partial charge in [0.15, 0.2) is 5.96 Å². The summed E-state index contributed by atoms with van der Waals surface area (Å²) >= 11 is 0. The van der Waals surface area contributed by atoms with Gasteiger partial charge in [-0.25, -0.2) is 4.99 Å². The van der Waals surface area contributed by atoms with E-state index in [9.17, 15) is 10.1 Å². The second-order valence-electron chi connectivity index (χ2n) is 6.81. The predicted molar refractivity (Wildman–Crippen MR) is 114 cm³/mol. The number of nitrogens with zero attached hydrogens (tertiary/aromatic N) is 3. The Morgan fingerprint density at radius 1 is 1.31 bits per heavy atom. The molecule has 0 spiro atoms. The minimum absolute atomic E-state index is 0. The summed E-state index contributed by atoms with van der Waals surface area (Å²) in [5.41, 5.74) is 1.08. The molecule has 0 bridgehead atoms. The number of aliphatic imine (C=N–C) groups is 1. The van der Waals surface area contributed by atoms with E-state index in [2.05, 4.69) is 27.4 Å². The molecule has 26 heavy (non-hydrogen) atoms. The van der Waals surface area contributed by atoms with E-state index >= 15 is 0 Å². The molecule has 0 aromatic heterocycles. The average molecular weight is 473 g/mol. The SMILES string of the molecule is CCN1CCCC1CNC(=NCc1ccc([N+](=O)[O-])cc1)NC1CC1.I. The summed E-state index contributed by atoms with van der Waals surface area (Å²) in [7, 11) is 0. The third-order valence-corrected chi connectivity index (χ3v) is 4.90. The van der Waals surface area contributed by atoms with Crippen LogP contribution in [0.25, 0.3) is 0 Å². The van der Waals surface area contributed by atoms with Crippen molar-refractivity contribution in [2.24, 2.45) is 4.99 Å². The standard InChI is InChI=1S/C18H27N5O2.HI/c1-2-22-11-3-4-17(22)13-20-18(21-15-7-8-15)19-12-14-5-9-16(10-6-14)23(24)25;/h5-6,9-10,15,17H,2-4,7-8,11-13H2,1H3,(H2,19,20,21);1H. The third-order valence-electron chi connectivity index (χ3n) is 4.90. The van der Waals surface area contributed by atoms with Crippen molar-refractivity contribution >= 4 is 35.6 Å². The van der Waals surface area contributed by atoms with Gasteiger partial charge >= 0.3 is 0 Å². The van der Waals surface area contributed by atoms with Crippen LogP contribution in [0.1, 0.15) is 38.2 Å². The molecule has 1 atom stereocenters. The number of nitro benzene ring substituents is 1. The smallest absolute Gasteiger partial charge is 0.269 e. The Kier molecular flexibility index (Phi) is 8.08. The molecule has 1 aromatic rings. The van der Waals surface area contributed by atoms with E-state index in [1.807, 2.05) is 0 Å². The van der Waals surface area contributed by atoms with Crippen LogP contribution >= 0.6 is 24.0 Å². The van der Waals surface area contributed by atoms with E-state index in [1.165, 1.54) is 44.4 Å². The van der Waals surface area contributed by atoms with Crippen LogP contribution in [0.5, 0.6) is 0 Å². The third kappa shape index (κ3) is 6.08. The van der Waals surface area contributed by atoms with Gasteiger partial charge in [-0.1, -0.05) is 19.1 Å². The van der Waals surface area contributed by atoms with Crippen LogP contribution in [0.2, 0.25) is 0 Å². The van der Waals surface area contributed by atoms with Crippen LogP contribution < -0.4 is 10.6 Å². The van der Waals surface area contributed by atoms with Crippen molar-refractivity contribution in [1.29, 1.82) is 0 Å². The van der Waals surface area contributed by atoms with E-state index in [-0.39, 0.29) is 34.6 Å². The monoisotopic (exact) mass is 473 g/mol. The summed E-state index contributed by atoms with van der Waals surface area (Å²) in [6.07, 6.45) is 4.90. The first-order valence-electron chi connectivity index (χ1n) is 9.18. The Morgan fingerprint density at radius 2 is 2.04 bits per heavy atom. The van der Waals surface area contributed by atoms with Crippen molar-refractivity contribution in [2.75, 3.05) is 19.6 Å². The second-order valence-corrected chi connectivity index (χ2v) is 6.81. The molecule has 1 unspecified atom stereocenters. The molecule has 2 aliphatic rings. The van der Waals surface area contributed by atoms with Crippen LogP contribution in [0, 0.1) is 10.1 Å². The maximum Gasteiger partial charge on any atom is 0.269 e. The quantitative estimate of drug-likeness (QED) is 0.209. The van der Waals surface area contributed by atoms with Crippen molar-refractivity contribution in [2.45, 2.75) is 51.2 Å². The maximum absolute atomic E-state index is 10.7. The zero-order chi connectivity index (χ0) is 17.6. The average Bonchev–Trinajstić information content (AvgIpc) is 3.32. The van der Waals surface area contributed by atoms with E-state index in [0.717, 1.165) is 24.6 Å². The number of guanidine groups is 1. The Morgan fingerprint density at radius 3 is 2.65 bits per heavy atom. The normalized spacial score (nSPS) is 20.5. The highest BCUT2D eigenvalue weighted by Crippen LogP contribution is 2.19. The molecule has 8 heteroatoms. The zero-order valence-electron chi connectivity index (χ0n) is 15.2. The Hall–Kier alpha value is -1.42. The van der Waals surface area contributed by atoms with Gasteiger partial charge in [0.1, 0.15) is 0 Å². The highest BCUT2D eigenvalue weighted by atomic mass is 127. The first kappa shape index (κ1) is 20.9. The van der Waals surface area contributed by atoms with E-state index in [0.29, 0.717) is 18.6 Å². The van der Waals surface area contributed by atoms with Crippen molar-refractivity contribution in [3.8, 4) is 0 Å². The van der Waals surface area contributed by atoms with Crippen LogP contribution in [-0.2, 0) is 6.54 Å². The fourth-order valence-corrected chi connectivity index (χ4v) is 3.22. The Labute approximate surface area is 171 Å². The molecule has 1 aromatic carbocycles. The van der Waals surface area contributed by atoms with E-state index < -0.39 is 0 Å². The number of non-ortho nitro benzene ring substituents is 1. The maximum atomic E-state index is 10.7. The molecule has 2 fully saturated rings. The molecule has 7 nitrogen and oxygen atoms in total. The number of likely N-dealkylation sites (tertiary alicyclic amines) is 1. The van der Waals surface area contributed by atoms with Crippen molar-refractivity contribution in [3.63, 3.8) is 0 Å². The first-order chi connectivity index (χ1) is 12.2. The summed E-state index contributed by atoms with van der Waals surface area (Å²) in [5, 5.41) is 17.7. The number of hydrogen-bond acceptors (Lipinski definition) is 4. The molecule has 0 amide bonds. The lowest BCUT2D eigenvalue weighted by molar-refractivity contribution is -0.384. The van der Waals surface area contributed by atoms with Crippen LogP contribution in [0.15, 0.2) is 29.3 Å². The molecular formula is C18H28IN5O2. The van der Waals surface area contributed by atoms with Gasteiger partial charge < -0.3 is 10.6 Å². The molecular weight excluding hydrogens is 445 g/mol. The molecule has 0 radical (unpaired) electrons. The molecule has 3 rings (SSSR count). The number of halogens is 1. The van der Waals surface area contributed by atoms with Gasteiger partial charge in [-0.15, -0.1) is 24.0 Å². The second kappa shape index (κ2) is 10.1. The van der Waals surface area contributed by atoms with E-state index in [4.69, 9.17) is 0 Å². The predicted octanol–water partition coefficient (Wildman–Crippen LogP) is 2.89. The van der Waals surface area contributed by atoms with Crippen molar-refractivity contribution in [3.05, 3.63) is 39.9 Å². The van der Waals surface area contributed by atoms with Gasteiger partial charge in [0.05, 0.1) is 11.5 Å². The number of rotatable bonds is 7. The molecule has 144 valence electrons. The minimum Gasteiger partial charge on any atom is -0.355 e. The summed E-state index contributed by atoms with van der Waals surface area (Å²) in [4.78, 5) is 17.5. The highest BCUT2D eigenvalue weighted by molar-refractivity contribution is 14.0. The lowest BCUT2D eigenvalue weighted by atomic mass is 10.2. The fraction of sp³-hybridized carbons (Fsp3) is 0.611. The molecule has 2 N–H and O–H groups in total. The zero-order valence-corrected chi connectivity index (χ0v) is 17.5. The largest absolute Gasteiger partial charge is 0.355 e. The minimum atomic E-state index is -0.379. The molecule has 1 saturated heterocycles. The van der Waals surface area contributed by atoms with Crippen LogP contribution in [0.4, 0.5) is 5.69 Å². The molecule has 1 saturated carbocycles. The van der Waals surface area contributed by atoms with Gasteiger partial charge in [0, 0.05) is 30.8 Å². The van der Waals surface area contributed by atoms with Crippen molar-refractivity contribution in [1.82, 2.24) is 15.5 Å². The molecule has 1 heterocycles. The van der Waals surface area contributed by atoms with Crippen molar-refractivity contribution < 1.29 is 4.92 Å². The number of benzene rings is 1. The summed E-state index contributed by atoms with van der Waals surface area (Å²) < 4.78 is 0.